The van der Waals surface area contributed by atoms with Crippen molar-refractivity contribution in [3.8, 4) is 5.75 Å². The predicted molar refractivity (Wildman–Crippen MR) is 63.5 cm³/mol. The molecule has 0 spiro atoms. The van der Waals surface area contributed by atoms with Crippen LogP contribution in [0.25, 0.3) is 0 Å². The van der Waals surface area contributed by atoms with E-state index in [2.05, 4.69) is 4.72 Å². The van der Waals surface area contributed by atoms with Gasteiger partial charge in [-0.05, 0) is 26.0 Å². The quantitative estimate of drug-likeness (QED) is 0.904. The predicted octanol–water partition coefficient (Wildman–Crippen LogP) is 2.04. The lowest BCUT2D eigenvalue weighted by Gasteiger charge is -2.12. The normalized spacial score (nSPS) is 11.8. The zero-order valence-corrected chi connectivity index (χ0v) is 10.9. The van der Waals surface area contributed by atoms with E-state index in [1.54, 1.807) is 13.8 Å². The summed E-state index contributed by atoms with van der Waals surface area (Å²) in [5, 5.41) is 0.431. The molecule has 0 radical (unpaired) electrons. The van der Waals surface area contributed by atoms with Crippen molar-refractivity contribution in [1.82, 2.24) is 4.72 Å². The third-order valence-electron chi connectivity index (χ3n) is 1.81. The number of halogens is 1. The Kier molecular flexibility index (Phi) is 4.18. The molecule has 0 amide bonds. The zero-order chi connectivity index (χ0) is 12.3. The summed E-state index contributed by atoms with van der Waals surface area (Å²) >= 11 is 5.76. The Labute approximate surface area is 101 Å². The van der Waals surface area contributed by atoms with Crippen molar-refractivity contribution in [2.24, 2.45) is 0 Å². The van der Waals surface area contributed by atoms with E-state index in [4.69, 9.17) is 16.3 Å². The molecule has 16 heavy (non-hydrogen) atoms. The average molecular weight is 264 g/mol. The summed E-state index contributed by atoms with van der Waals surface area (Å²) in [7, 11) is -2.15. The fourth-order valence-corrected chi connectivity index (χ4v) is 2.80. The largest absolute Gasteiger partial charge is 0.495 e. The lowest BCUT2D eigenvalue weighted by molar-refractivity contribution is 0.402. The Morgan fingerprint density at radius 1 is 1.38 bits per heavy atom. The number of benzene rings is 1. The minimum atomic E-state index is -3.55. The lowest BCUT2D eigenvalue weighted by atomic mass is 10.3. The minimum absolute atomic E-state index is 0.0908. The summed E-state index contributed by atoms with van der Waals surface area (Å²) in [6.45, 7) is 3.50. The van der Waals surface area contributed by atoms with Crippen molar-refractivity contribution in [1.29, 1.82) is 0 Å². The Hall–Kier alpha value is -0.780. The van der Waals surface area contributed by atoms with Crippen molar-refractivity contribution >= 4 is 21.6 Å². The molecule has 1 aromatic rings. The van der Waals surface area contributed by atoms with Crippen LogP contribution in [-0.2, 0) is 10.0 Å². The van der Waals surface area contributed by atoms with E-state index < -0.39 is 10.0 Å². The van der Waals surface area contributed by atoms with E-state index in [0.717, 1.165) is 0 Å². The molecule has 0 bridgehead atoms. The summed E-state index contributed by atoms with van der Waals surface area (Å²) in [5.74, 6) is 0.237. The number of sulfonamides is 1. The Balaban J connectivity index is 3.22. The number of hydrogen-bond acceptors (Lipinski definition) is 3. The first kappa shape index (κ1) is 13.3. The van der Waals surface area contributed by atoms with Crippen LogP contribution in [0.2, 0.25) is 5.02 Å². The molecule has 6 heteroatoms. The second kappa shape index (κ2) is 5.03. The molecule has 4 nitrogen and oxygen atoms in total. The molecule has 1 rings (SSSR count). The molecule has 1 aromatic carbocycles. The zero-order valence-electron chi connectivity index (χ0n) is 9.32. The van der Waals surface area contributed by atoms with Gasteiger partial charge in [0, 0.05) is 17.1 Å². The molecular weight excluding hydrogens is 250 g/mol. The van der Waals surface area contributed by atoms with Crippen molar-refractivity contribution in [3.63, 3.8) is 0 Å². The van der Waals surface area contributed by atoms with Gasteiger partial charge in [-0.15, -0.1) is 0 Å². The molecule has 0 saturated heterocycles. The molecule has 0 aliphatic carbocycles. The van der Waals surface area contributed by atoms with Gasteiger partial charge < -0.3 is 4.74 Å². The summed E-state index contributed by atoms with van der Waals surface area (Å²) in [5.41, 5.74) is 0. The summed E-state index contributed by atoms with van der Waals surface area (Å²) < 4.78 is 31.3. The van der Waals surface area contributed by atoms with Gasteiger partial charge >= 0.3 is 0 Å². The molecule has 1 N–H and O–H groups in total. The molecule has 90 valence electrons. The summed E-state index contributed by atoms with van der Waals surface area (Å²) in [6.07, 6.45) is 0. The van der Waals surface area contributed by atoms with Gasteiger partial charge in [-0.25, -0.2) is 13.1 Å². The van der Waals surface area contributed by atoms with E-state index in [-0.39, 0.29) is 16.7 Å². The van der Waals surface area contributed by atoms with Gasteiger partial charge in [0.05, 0.1) is 7.11 Å². The van der Waals surface area contributed by atoms with Crippen LogP contribution in [0.15, 0.2) is 23.1 Å². The van der Waals surface area contributed by atoms with E-state index >= 15 is 0 Å². The fourth-order valence-electron chi connectivity index (χ4n) is 1.24. The molecule has 0 saturated carbocycles. The van der Waals surface area contributed by atoms with Crippen LogP contribution in [0.5, 0.6) is 5.75 Å². The average Bonchev–Trinajstić information content (AvgIpc) is 2.15. The Bertz CT molecular complexity index is 471. The SMILES string of the molecule is COc1cc(Cl)ccc1S(=O)(=O)NC(C)C. The highest BCUT2D eigenvalue weighted by Crippen LogP contribution is 2.27. The van der Waals surface area contributed by atoms with E-state index in [1.165, 1.54) is 25.3 Å². The van der Waals surface area contributed by atoms with Crippen molar-refractivity contribution in [3.05, 3.63) is 23.2 Å². The number of rotatable bonds is 4. The van der Waals surface area contributed by atoms with E-state index in [1.807, 2.05) is 0 Å². The van der Waals surface area contributed by atoms with Crippen LogP contribution >= 0.6 is 11.6 Å². The number of ether oxygens (including phenoxy) is 1. The van der Waals surface area contributed by atoms with Gasteiger partial charge in [0.2, 0.25) is 10.0 Å². The maximum Gasteiger partial charge on any atom is 0.244 e. The highest BCUT2D eigenvalue weighted by atomic mass is 35.5. The van der Waals surface area contributed by atoms with Crippen LogP contribution in [0, 0.1) is 0 Å². The third-order valence-corrected chi connectivity index (χ3v) is 3.74. The van der Waals surface area contributed by atoms with Crippen LogP contribution < -0.4 is 9.46 Å². The molecule has 0 aliphatic heterocycles. The summed E-state index contributed by atoms with van der Waals surface area (Å²) in [4.78, 5) is 0.0908. The van der Waals surface area contributed by atoms with Gasteiger partial charge in [-0.3, -0.25) is 0 Å². The van der Waals surface area contributed by atoms with Gasteiger partial charge in [0.15, 0.2) is 0 Å². The van der Waals surface area contributed by atoms with Gasteiger partial charge in [-0.2, -0.15) is 0 Å². The van der Waals surface area contributed by atoms with Crippen molar-refractivity contribution < 1.29 is 13.2 Å². The molecule has 0 unspecified atom stereocenters. The molecule has 0 heterocycles. The second-order valence-electron chi connectivity index (χ2n) is 3.57. The van der Waals surface area contributed by atoms with Gasteiger partial charge in [-0.1, -0.05) is 11.6 Å². The van der Waals surface area contributed by atoms with Gasteiger partial charge in [0.1, 0.15) is 10.6 Å². The van der Waals surface area contributed by atoms with Crippen LogP contribution in [0.1, 0.15) is 13.8 Å². The smallest absolute Gasteiger partial charge is 0.244 e. The van der Waals surface area contributed by atoms with Crippen LogP contribution in [0.3, 0.4) is 0 Å². The van der Waals surface area contributed by atoms with E-state index in [9.17, 15) is 8.42 Å². The number of nitrogens with one attached hydrogen (secondary N) is 1. The first-order valence-corrected chi connectivity index (χ1v) is 6.59. The number of methoxy groups -OCH3 is 1. The third kappa shape index (κ3) is 3.10. The van der Waals surface area contributed by atoms with Crippen LogP contribution in [0.4, 0.5) is 0 Å². The Morgan fingerprint density at radius 2 is 2.00 bits per heavy atom. The number of hydrogen-bond donors (Lipinski definition) is 1. The highest BCUT2D eigenvalue weighted by Gasteiger charge is 2.20. The summed E-state index contributed by atoms with van der Waals surface area (Å²) in [6, 6.07) is 4.23. The topological polar surface area (TPSA) is 55.4 Å². The molecule has 0 aliphatic rings. The second-order valence-corrected chi connectivity index (χ2v) is 5.69. The first-order chi connectivity index (χ1) is 7.36. The molecule has 0 fully saturated rings. The lowest BCUT2D eigenvalue weighted by Crippen LogP contribution is -2.30. The maximum atomic E-state index is 11.9. The molecular formula is C10H14ClNO3S. The Morgan fingerprint density at radius 3 is 2.50 bits per heavy atom. The highest BCUT2D eigenvalue weighted by molar-refractivity contribution is 7.89. The molecule has 0 aromatic heterocycles. The molecule has 0 atom stereocenters. The van der Waals surface area contributed by atoms with E-state index in [0.29, 0.717) is 5.02 Å². The first-order valence-electron chi connectivity index (χ1n) is 4.72. The van der Waals surface area contributed by atoms with Crippen LogP contribution in [-0.4, -0.2) is 21.6 Å². The monoisotopic (exact) mass is 263 g/mol. The van der Waals surface area contributed by atoms with Gasteiger partial charge in [0.25, 0.3) is 0 Å². The maximum absolute atomic E-state index is 11.9. The van der Waals surface area contributed by atoms with Crippen molar-refractivity contribution in [2.45, 2.75) is 24.8 Å². The van der Waals surface area contributed by atoms with Crippen molar-refractivity contribution in [2.75, 3.05) is 7.11 Å². The fraction of sp³-hybridized carbons (Fsp3) is 0.400. The standard InChI is InChI=1S/C10H14ClNO3S/c1-7(2)12-16(13,14)10-5-4-8(11)6-9(10)15-3/h4-7,12H,1-3H3. The minimum Gasteiger partial charge on any atom is -0.495 e.